The zero-order valence-corrected chi connectivity index (χ0v) is 10.4. The van der Waals surface area contributed by atoms with Crippen molar-refractivity contribution < 1.29 is 19.1 Å². The van der Waals surface area contributed by atoms with Crippen molar-refractivity contribution in [3.8, 4) is 0 Å². The highest BCUT2D eigenvalue weighted by molar-refractivity contribution is 5.87. The third kappa shape index (κ3) is 5.14. The molecule has 0 rings (SSSR count). The number of likely N-dealkylation sites (N-methyl/N-ethyl adjacent to an activating group) is 2. The monoisotopic (exact) mass is 242 g/mol. The van der Waals surface area contributed by atoms with Gasteiger partial charge in [0.05, 0.1) is 6.42 Å². The largest absolute Gasteiger partial charge is 0.461 e. The summed E-state index contributed by atoms with van der Waals surface area (Å²) < 4.78 is 4.78. The molecule has 0 heterocycles. The lowest BCUT2D eigenvalue weighted by Gasteiger charge is -2.25. The summed E-state index contributed by atoms with van der Waals surface area (Å²) in [7, 11) is 4.56. The van der Waals surface area contributed by atoms with Gasteiger partial charge in [-0.3, -0.25) is 14.4 Å². The molecule has 6 nitrogen and oxygen atoms in total. The molecule has 0 bridgehead atoms. The molecular formula is C11H18N2O4. The average molecular weight is 242 g/mol. The van der Waals surface area contributed by atoms with E-state index in [0.717, 1.165) is 4.90 Å². The quantitative estimate of drug-likeness (QED) is 0.348. The summed E-state index contributed by atoms with van der Waals surface area (Å²) >= 11 is 0. The van der Waals surface area contributed by atoms with Crippen molar-refractivity contribution in [3.63, 3.8) is 0 Å². The second-order valence-corrected chi connectivity index (χ2v) is 3.70. The molecule has 0 aromatic carbocycles. The SMILES string of the molecule is C=CCOC(=O)C[C@@H](C(=O)N(C)C)N(C)C=O. The Kier molecular flexibility index (Phi) is 6.62. The molecule has 0 saturated heterocycles. The van der Waals surface area contributed by atoms with Gasteiger partial charge in [-0.2, -0.15) is 0 Å². The van der Waals surface area contributed by atoms with E-state index < -0.39 is 12.0 Å². The second-order valence-electron chi connectivity index (χ2n) is 3.70. The Balaban J connectivity index is 4.59. The Hall–Kier alpha value is -1.85. The van der Waals surface area contributed by atoms with Crippen LogP contribution >= 0.6 is 0 Å². The number of amides is 2. The van der Waals surface area contributed by atoms with Gasteiger partial charge in [-0.15, -0.1) is 0 Å². The molecule has 0 unspecified atom stereocenters. The van der Waals surface area contributed by atoms with E-state index in [-0.39, 0.29) is 18.9 Å². The summed E-state index contributed by atoms with van der Waals surface area (Å²) in [6.07, 6.45) is 1.77. The topological polar surface area (TPSA) is 66.9 Å². The minimum Gasteiger partial charge on any atom is -0.461 e. The number of ether oxygens (including phenoxy) is 1. The Morgan fingerprint density at radius 3 is 2.35 bits per heavy atom. The smallest absolute Gasteiger partial charge is 0.308 e. The molecular weight excluding hydrogens is 224 g/mol. The Morgan fingerprint density at radius 1 is 1.35 bits per heavy atom. The highest BCUT2D eigenvalue weighted by Crippen LogP contribution is 2.05. The summed E-state index contributed by atoms with van der Waals surface area (Å²) in [6, 6.07) is -0.834. The third-order valence-electron chi connectivity index (χ3n) is 2.11. The molecule has 0 aliphatic rings. The molecule has 6 heteroatoms. The number of hydrogen-bond acceptors (Lipinski definition) is 4. The lowest BCUT2D eigenvalue weighted by atomic mass is 10.1. The van der Waals surface area contributed by atoms with Gasteiger partial charge >= 0.3 is 5.97 Å². The van der Waals surface area contributed by atoms with E-state index in [0.29, 0.717) is 6.41 Å². The van der Waals surface area contributed by atoms with Crippen LogP contribution in [0.2, 0.25) is 0 Å². The fourth-order valence-corrected chi connectivity index (χ4v) is 1.15. The normalized spacial score (nSPS) is 11.2. The molecule has 1 atom stereocenters. The van der Waals surface area contributed by atoms with E-state index in [1.165, 1.54) is 18.0 Å². The maximum Gasteiger partial charge on any atom is 0.308 e. The van der Waals surface area contributed by atoms with Gasteiger partial charge in [-0.25, -0.2) is 0 Å². The molecule has 0 saturated carbocycles. The van der Waals surface area contributed by atoms with Crippen LogP contribution in [0.3, 0.4) is 0 Å². The maximum atomic E-state index is 11.8. The van der Waals surface area contributed by atoms with E-state index in [2.05, 4.69) is 6.58 Å². The summed E-state index contributed by atoms with van der Waals surface area (Å²) in [6.45, 7) is 3.50. The van der Waals surface area contributed by atoms with Crippen LogP contribution in [0.25, 0.3) is 0 Å². The van der Waals surface area contributed by atoms with Gasteiger partial charge in [0.1, 0.15) is 12.6 Å². The Morgan fingerprint density at radius 2 is 1.94 bits per heavy atom. The van der Waals surface area contributed by atoms with Crippen LogP contribution in [-0.4, -0.2) is 61.9 Å². The molecule has 0 N–H and O–H groups in total. The van der Waals surface area contributed by atoms with Crippen molar-refractivity contribution in [1.82, 2.24) is 9.80 Å². The summed E-state index contributed by atoms with van der Waals surface area (Å²) in [5.74, 6) is -0.867. The first-order valence-corrected chi connectivity index (χ1v) is 5.09. The zero-order valence-electron chi connectivity index (χ0n) is 10.4. The average Bonchev–Trinajstić information content (AvgIpc) is 2.31. The lowest BCUT2D eigenvalue weighted by molar-refractivity contribution is -0.149. The number of hydrogen-bond donors (Lipinski definition) is 0. The van der Waals surface area contributed by atoms with E-state index in [9.17, 15) is 14.4 Å². The van der Waals surface area contributed by atoms with Crippen LogP contribution in [0.5, 0.6) is 0 Å². The second kappa shape index (κ2) is 7.43. The van der Waals surface area contributed by atoms with Gasteiger partial charge in [0.15, 0.2) is 0 Å². The van der Waals surface area contributed by atoms with Crippen LogP contribution in [-0.2, 0) is 19.1 Å². The first-order valence-electron chi connectivity index (χ1n) is 5.09. The molecule has 0 aliphatic heterocycles. The standard InChI is InChI=1S/C11H18N2O4/c1-5-6-17-10(15)7-9(13(4)8-14)11(16)12(2)3/h5,8-9H,1,6-7H2,2-4H3/t9-/m0/s1. The minimum absolute atomic E-state index is 0.0898. The van der Waals surface area contributed by atoms with Crippen molar-refractivity contribution in [2.75, 3.05) is 27.7 Å². The van der Waals surface area contributed by atoms with Gasteiger partial charge in [0, 0.05) is 21.1 Å². The van der Waals surface area contributed by atoms with Gasteiger partial charge < -0.3 is 14.5 Å². The van der Waals surface area contributed by atoms with Crippen LogP contribution in [0.4, 0.5) is 0 Å². The van der Waals surface area contributed by atoms with Crippen LogP contribution in [0.15, 0.2) is 12.7 Å². The van der Waals surface area contributed by atoms with E-state index >= 15 is 0 Å². The molecule has 0 aliphatic carbocycles. The highest BCUT2D eigenvalue weighted by Gasteiger charge is 2.27. The first-order chi connectivity index (χ1) is 7.93. The number of esters is 1. The molecule has 17 heavy (non-hydrogen) atoms. The van der Waals surface area contributed by atoms with Crippen molar-refractivity contribution in [2.24, 2.45) is 0 Å². The van der Waals surface area contributed by atoms with Crippen LogP contribution in [0.1, 0.15) is 6.42 Å². The first kappa shape index (κ1) is 15.2. The summed E-state index contributed by atoms with van der Waals surface area (Å²) in [5, 5.41) is 0. The fraction of sp³-hybridized carbons (Fsp3) is 0.545. The Labute approximate surface area is 101 Å². The predicted molar refractivity (Wildman–Crippen MR) is 62.1 cm³/mol. The van der Waals surface area contributed by atoms with Gasteiger partial charge in [0.25, 0.3) is 0 Å². The van der Waals surface area contributed by atoms with Crippen molar-refractivity contribution in [1.29, 1.82) is 0 Å². The Bertz CT molecular complexity index is 302. The van der Waals surface area contributed by atoms with Gasteiger partial charge in [0.2, 0.25) is 12.3 Å². The van der Waals surface area contributed by atoms with E-state index in [4.69, 9.17) is 4.74 Å². The maximum absolute atomic E-state index is 11.8. The van der Waals surface area contributed by atoms with Crippen molar-refractivity contribution in [3.05, 3.63) is 12.7 Å². The zero-order chi connectivity index (χ0) is 13.4. The van der Waals surface area contributed by atoms with Crippen LogP contribution < -0.4 is 0 Å². The van der Waals surface area contributed by atoms with Crippen molar-refractivity contribution in [2.45, 2.75) is 12.5 Å². The van der Waals surface area contributed by atoms with Gasteiger partial charge in [-0.05, 0) is 0 Å². The van der Waals surface area contributed by atoms with Crippen molar-refractivity contribution >= 4 is 18.3 Å². The number of carbonyl (C=O) groups excluding carboxylic acids is 3. The predicted octanol–water partition coefficient (Wildman–Crippen LogP) is -0.349. The van der Waals surface area contributed by atoms with E-state index in [1.54, 1.807) is 14.1 Å². The third-order valence-corrected chi connectivity index (χ3v) is 2.11. The minimum atomic E-state index is -0.834. The molecule has 0 radical (unpaired) electrons. The molecule has 0 aromatic heterocycles. The number of rotatable bonds is 7. The van der Waals surface area contributed by atoms with Gasteiger partial charge in [-0.1, -0.05) is 12.7 Å². The molecule has 0 aromatic rings. The fourth-order valence-electron chi connectivity index (χ4n) is 1.15. The van der Waals surface area contributed by atoms with Crippen LogP contribution in [0, 0.1) is 0 Å². The summed E-state index contributed by atoms with van der Waals surface area (Å²) in [5.41, 5.74) is 0. The molecule has 0 spiro atoms. The molecule has 2 amide bonds. The lowest BCUT2D eigenvalue weighted by Crippen LogP contribution is -2.45. The summed E-state index contributed by atoms with van der Waals surface area (Å²) in [4.78, 5) is 36.3. The molecule has 0 fully saturated rings. The number of carbonyl (C=O) groups is 3. The number of nitrogens with zero attached hydrogens (tertiary/aromatic N) is 2. The van der Waals surface area contributed by atoms with E-state index in [1.807, 2.05) is 0 Å². The molecule has 96 valence electrons. The highest BCUT2D eigenvalue weighted by atomic mass is 16.5.